The molecule has 0 saturated carbocycles. The van der Waals surface area contributed by atoms with Crippen LogP contribution >= 0.6 is 0 Å². The minimum Gasteiger partial charge on any atom is -0.421 e. The number of nitrogens with zero attached hydrogens (tertiary/aromatic N) is 2. The zero-order valence-electron chi connectivity index (χ0n) is 13.4. The Morgan fingerprint density at radius 3 is 2.71 bits per heavy atom. The fraction of sp³-hybridized carbons (Fsp3) is 0.158. The molecule has 5 heteroatoms. The van der Waals surface area contributed by atoms with Gasteiger partial charge in [0.25, 0.3) is 0 Å². The van der Waals surface area contributed by atoms with Crippen molar-refractivity contribution >= 4 is 16.6 Å². The first-order valence-electron chi connectivity index (χ1n) is 8.05. The molecule has 0 radical (unpaired) electrons. The number of aromatic nitrogens is 3. The van der Waals surface area contributed by atoms with Crippen LogP contribution in [0.25, 0.3) is 22.4 Å². The fourth-order valence-electron chi connectivity index (χ4n) is 2.75. The molecule has 0 fully saturated rings. The van der Waals surface area contributed by atoms with E-state index in [0.29, 0.717) is 11.8 Å². The lowest BCUT2D eigenvalue weighted by Crippen LogP contribution is -1.99. The van der Waals surface area contributed by atoms with Crippen LogP contribution in [0, 0.1) is 0 Å². The number of aryl methyl sites for hydroxylation is 1. The Balaban J connectivity index is 1.48. The maximum absolute atomic E-state index is 5.58. The third-order valence-corrected chi connectivity index (χ3v) is 4.07. The summed E-state index contributed by atoms with van der Waals surface area (Å²) < 4.78 is 5.58. The average molecular weight is 318 g/mol. The summed E-state index contributed by atoms with van der Waals surface area (Å²) in [5.74, 6) is 1.22. The molecule has 2 aromatic heterocycles. The van der Waals surface area contributed by atoms with E-state index in [-0.39, 0.29) is 0 Å². The molecule has 24 heavy (non-hydrogen) atoms. The molecular weight excluding hydrogens is 300 g/mol. The van der Waals surface area contributed by atoms with Gasteiger partial charge in [-0.3, -0.25) is 0 Å². The minimum atomic E-state index is 0.565. The molecular formula is C19H18N4O. The molecule has 4 rings (SSSR count). The normalized spacial score (nSPS) is 11.0. The van der Waals surface area contributed by atoms with Crippen LogP contribution in [0.15, 0.2) is 59.1 Å². The summed E-state index contributed by atoms with van der Waals surface area (Å²) in [5.41, 5.74) is 4.41. The highest BCUT2D eigenvalue weighted by atomic mass is 16.4. The maximum atomic E-state index is 5.58. The summed E-state index contributed by atoms with van der Waals surface area (Å²) in [5, 5.41) is 12.8. The topological polar surface area (TPSA) is 66.7 Å². The Morgan fingerprint density at radius 2 is 1.92 bits per heavy atom. The Bertz CT molecular complexity index is 953. The molecule has 2 heterocycles. The number of hydrogen-bond donors (Lipinski definition) is 2. The van der Waals surface area contributed by atoms with E-state index in [0.717, 1.165) is 29.7 Å². The molecule has 0 aliphatic heterocycles. The minimum absolute atomic E-state index is 0.565. The van der Waals surface area contributed by atoms with Gasteiger partial charge in [-0.05, 0) is 42.0 Å². The summed E-state index contributed by atoms with van der Waals surface area (Å²) in [6.07, 6.45) is 2.72. The first-order valence-corrected chi connectivity index (χ1v) is 8.05. The Hall–Kier alpha value is -3.08. The molecule has 5 nitrogen and oxygen atoms in total. The first kappa shape index (κ1) is 14.5. The van der Waals surface area contributed by atoms with Crippen molar-refractivity contribution in [3.8, 4) is 11.5 Å². The molecule has 2 N–H and O–H groups in total. The third-order valence-electron chi connectivity index (χ3n) is 4.07. The number of H-pyrrole nitrogens is 1. The van der Waals surface area contributed by atoms with E-state index in [2.05, 4.69) is 44.8 Å². The third kappa shape index (κ3) is 2.76. The molecule has 4 aromatic rings. The first-order chi connectivity index (χ1) is 11.8. The van der Waals surface area contributed by atoms with Crippen molar-refractivity contribution < 1.29 is 4.42 Å². The van der Waals surface area contributed by atoms with Crippen LogP contribution in [0.5, 0.6) is 0 Å². The molecule has 0 spiro atoms. The van der Waals surface area contributed by atoms with E-state index in [1.165, 1.54) is 10.9 Å². The van der Waals surface area contributed by atoms with Gasteiger partial charge in [0.1, 0.15) is 0 Å². The van der Waals surface area contributed by atoms with Crippen molar-refractivity contribution in [3.63, 3.8) is 0 Å². The summed E-state index contributed by atoms with van der Waals surface area (Å²) in [4.78, 5) is 3.24. The van der Waals surface area contributed by atoms with Crippen molar-refractivity contribution in [3.05, 3.63) is 66.2 Å². The van der Waals surface area contributed by atoms with Crippen LogP contribution < -0.4 is 5.32 Å². The van der Waals surface area contributed by atoms with Gasteiger partial charge in [-0.15, -0.1) is 10.2 Å². The van der Waals surface area contributed by atoms with E-state index >= 15 is 0 Å². The van der Waals surface area contributed by atoms with E-state index in [4.69, 9.17) is 4.42 Å². The maximum Gasteiger partial charge on any atom is 0.247 e. The lowest BCUT2D eigenvalue weighted by molar-refractivity contribution is 0.513. The molecule has 0 saturated heterocycles. The molecule has 120 valence electrons. The van der Waals surface area contributed by atoms with Gasteiger partial charge in [0.15, 0.2) is 0 Å². The number of benzene rings is 2. The molecule has 0 bridgehead atoms. The van der Waals surface area contributed by atoms with E-state index in [1.807, 2.05) is 37.4 Å². The molecule has 2 aromatic carbocycles. The highest BCUT2D eigenvalue weighted by Gasteiger charge is 2.07. The fourth-order valence-corrected chi connectivity index (χ4v) is 2.75. The number of aromatic amines is 1. The number of nitrogens with one attached hydrogen (secondary N) is 2. The molecule has 0 unspecified atom stereocenters. The van der Waals surface area contributed by atoms with Gasteiger partial charge in [-0.1, -0.05) is 19.1 Å². The van der Waals surface area contributed by atoms with Crippen molar-refractivity contribution in [1.29, 1.82) is 0 Å². The van der Waals surface area contributed by atoms with Gasteiger partial charge in [-0.25, -0.2) is 0 Å². The second-order valence-corrected chi connectivity index (χ2v) is 5.64. The van der Waals surface area contributed by atoms with Gasteiger partial charge in [0.2, 0.25) is 11.8 Å². The second-order valence-electron chi connectivity index (χ2n) is 5.64. The van der Waals surface area contributed by atoms with Crippen molar-refractivity contribution in [1.82, 2.24) is 15.2 Å². The predicted octanol–water partition coefficient (Wildman–Crippen LogP) is 4.39. The standard InChI is InChI=1S/C19H18N4O/c1-2-18-22-23-19(24-18)13-6-8-15(9-7-13)21-12-14-4-3-5-17-16(14)10-11-20-17/h3-11,20-21H,2,12H2,1H3. The smallest absolute Gasteiger partial charge is 0.247 e. The Labute approximate surface area is 139 Å². The second kappa shape index (κ2) is 6.20. The highest BCUT2D eigenvalue weighted by molar-refractivity contribution is 5.83. The van der Waals surface area contributed by atoms with Crippen molar-refractivity contribution in [2.75, 3.05) is 5.32 Å². The Kier molecular flexibility index (Phi) is 3.75. The quantitative estimate of drug-likeness (QED) is 0.572. The number of fused-ring (bicyclic) bond motifs is 1. The van der Waals surface area contributed by atoms with Gasteiger partial charge in [-0.2, -0.15) is 0 Å². The number of anilines is 1. The van der Waals surface area contributed by atoms with Crippen LogP contribution in [-0.4, -0.2) is 15.2 Å². The van der Waals surface area contributed by atoms with Gasteiger partial charge < -0.3 is 14.7 Å². The van der Waals surface area contributed by atoms with E-state index in [1.54, 1.807) is 0 Å². The van der Waals surface area contributed by atoms with E-state index < -0.39 is 0 Å². The Morgan fingerprint density at radius 1 is 1.04 bits per heavy atom. The average Bonchev–Trinajstić information content (AvgIpc) is 3.29. The molecule has 0 amide bonds. The number of rotatable bonds is 5. The van der Waals surface area contributed by atoms with Gasteiger partial charge >= 0.3 is 0 Å². The van der Waals surface area contributed by atoms with Crippen molar-refractivity contribution in [2.24, 2.45) is 0 Å². The molecule has 0 aliphatic rings. The summed E-state index contributed by atoms with van der Waals surface area (Å²) >= 11 is 0. The number of hydrogen-bond acceptors (Lipinski definition) is 4. The molecule has 0 atom stereocenters. The van der Waals surface area contributed by atoms with Crippen LogP contribution in [0.1, 0.15) is 18.4 Å². The zero-order valence-corrected chi connectivity index (χ0v) is 13.4. The summed E-state index contributed by atoms with van der Waals surface area (Å²) in [6, 6.07) is 16.4. The highest BCUT2D eigenvalue weighted by Crippen LogP contribution is 2.22. The van der Waals surface area contributed by atoms with Crippen LogP contribution in [0.4, 0.5) is 5.69 Å². The van der Waals surface area contributed by atoms with Gasteiger partial charge in [0.05, 0.1) is 0 Å². The van der Waals surface area contributed by atoms with Crippen LogP contribution in [0.3, 0.4) is 0 Å². The molecule has 0 aliphatic carbocycles. The zero-order chi connectivity index (χ0) is 16.4. The monoisotopic (exact) mass is 318 g/mol. The predicted molar refractivity (Wildman–Crippen MR) is 94.7 cm³/mol. The largest absolute Gasteiger partial charge is 0.421 e. The lowest BCUT2D eigenvalue weighted by atomic mass is 10.1. The van der Waals surface area contributed by atoms with Crippen molar-refractivity contribution in [2.45, 2.75) is 19.9 Å². The summed E-state index contributed by atoms with van der Waals surface area (Å²) in [7, 11) is 0. The lowest BCUT2D eigenvalue weighted by Gasteiger charge is -2.08. The summed E-state index contributed by atoms with van der Waals surface area (Å²) in [6.45, 7) is 2.77. The van der Waals surface area contributed by atoms with Gasteiger partial charge in [0, 0.05) is 41.3 Å². The SMILES string of the molecule is CCc1nnc(-c2ccc(NCc3cccc4[nH]ccc34)cc2)o1. The van der Waals surface area contributed by atoms with E-state index in [9.17, 15) is 0 Å². The van der Waals surface area contributed by atoms with Crippen LogP contribution in [-0.2, 0) is 13.0 Å². The van der Waals surface area contributed by atoms with Crippen LogP contribution in [0.2, 0.25) is 0 Å².